The molecule has 4 aromatic rings. The average Bonchev–Trinajstić information content (AvgIpc) is 2.99. The zero-order valence-electron chi connectivity index (χ0n) is 23.1. The maximum atomic E-state index is 11.8. The summed E-state index contributed by atoms with van der Waals surface area (Å²) in [6.07, 6.45) is 0.883. The van der Waals surface area contributed by atoms with Crippen molar-refractivity contribution in [2.24, 2.45) is 0 Å². The summed E-state index contributed by atoms with van der Waals surface area (Å²) in [5.74, 6) is -4.28. The summed E-state index contributed by atoms with van der Waals surface area (Å²) >= 11 is 0. The number of carboxylic acid groups (broad SMARTS) is 4. The number of hydrogen-bond donors (Lipinski definition) is 4. The lowest BCUT2D eigenvalue weighted by Crippen LogP contribution is -2.31. The number of carbonyl (C=O) groups is 4. The first-order chi connectivity index (χ1) is 19.8. The third kappa shape index (κ3) is 5.93. The predicted molar refractivity (Wildman–Crippen MR) is 156 cm³/mol. The third-order valence-electron chi connectivity index (χ3n) is 8.16. The van der Waals surface area contributed by atoms with Crippen LogP contribution in [0.2, 0.25) is 0 Å². The van der Waals surface area contributed by atoms with Crippen molar-refractivity contribution in [3.05, 3.63) is 142 Å². The lowest BCUT2D eigenvalue weighted by molar-refractivity contribution is 0.0686. The van der Waals surface area contributed by atoms with Crippen LogP contribution in [0.25, 0.3) is 0 Å². The van der Waals surface area contributed by atoms with E-state index < -0.39 is 34.7 Å². The van der Waals surface area contributed by atoms with Crippen LogP contribution in [0.5, 0.6) is 0 Å². The lowest BCUT2D eigenvalue weighted by Gasteiger charge is -2.38. The van der Waals surface area contributed by atoms with Crippen LogP contribution >= 0.6 is 0 Å². The van der Waals surface area contributed by atoms with Gasteiger partial charge in [0.15, 0.2) is 0 Å². The van der Waals surface area contributed by atoms with Gasteiger partial charge in [0, 0.05) is 10.8 Å². The molecular formula is C34H30O8. The molecule has 0 saturated carbocycles. The Morgan fingerprint density at radius 3 is 1.07 bits per heavy atom. The molecule has 0 aliphatic heterocycles. The first-order valence-electron chi connectivity index (χ1n) is 13.2. The number of aromatic carboxylic acids is 4. The topological polar surface area (TPSA) is 149 Å². The summed E-state index contributed by atoms with van der Waals surface area (Å²) in [7, 11) is 0. The molecule has 0 spiro atoms. The van der Waals surface area contributed by atoms with Gasteiger partial charge in [-0.3, -0.25) is 0 Å². The normalized spacial score (nSPS) is 11.6. The molecule has 4 aromatic carbocycles. The maximum absolute atomic E-state index is 11.8. The van der Waals surface area contributed by atoms with Crippen molar-refractivity contribution in [1.82, 2.24) is 0 Å². The van der Waals surface area contributed by atoms with Gasteiger partial charge >= 0.3 is 23.9 Å². The monoisotopic (exact) mass is 566 g/mol. The molecule has 8 nitrogen and oxygen atoms in total. The van der Waals surface area contributed by atoms with Crippen LogP contribution in [-0.2, 0) is 10.8 Å². The van der Waals surface area contributed by atoms with Gasteiger partial charge in [-0.05, 0) is 83.6 Å². The van der Waals surface area contributed by atoms with E-state index in [9.17, 15) is 39.6 Å². The molecule has 8 heteroatoms. The Hall–Kier alpha value is -5.24. The Bertz CT molecular complexity index is 1540. The van der Waals surface area contributed by atoms with Gasteiger partial charge < -0.3 is 20.4 Å². The van der Waals surface area contributed by atoms with E-state index in [4.69, 9.17) is 0 Å². The minimum Gasteiger partial charge on any atom is -0.478 e. The standard InChI is InChI=1S/C34H30O8/c1-33(25-13-9-21(10-14-25)29(35)36,26-15-11-22(12-16-26)30(37)38)17-18-34(2,27-7-3-5-23(19-27)31(39)40)28-8-4-6-24(20-28)32(41)42/h3-16,19-20H,17-18H2,1-2H3,(H,35,36)(H,37,38)(H,39,40)(H,41,42). The molecule has 214 valence electrons. The van der Waals surface area contributed by atoms with E-state index in [-0.39, 0.29) is 22.3 Å². The molecule has 42 heavy (non-hydrogen) atoms. The van der Waals surface area contributed by atoms with Gasteiger partial charge in [-0.1, -0.05) is 62.4 Å². The summed E-state index contributed by atoms with van der Waals surface area (Å²) < 4.78 is 0. The molecule has 0 aromatic heterocycles. The van der Waals surface area contributed by atoms with Crippen LogP contribution in [0.3, 0.4) is 0 Å². The highest BCUT2D eigenvalue weighted by Crippen LogP contribution is 2.44. The smallest absolute Gasteiger partial charge is 0.335 e. The fourth-order valence-electron chi connectivity index (χ4n) is 5.36. The highest BCUT2D eigenvalue weighted by atomic mass is 16.4. The molecule has 0 saturated heterocycles. The van der Waals surface area contributed by atoms with E-state index in [1.54, 1.807) is 48.5 Å². The third-order valence-corrected chi connectivity index (χ3v) is 8.16. The number of rotatable bonds is 11. The number of benzene rings is 4. The SMILES string of the molecule is CC(CCC(C)(c1cccc(C(=O)O)c1)c1cccc(C(=O)O)c1)(c1ccc(C(=O)O)cc1)c1ccc(C(=O)O)cc1. The number of hydrogen-bond acceptors (Lipinski definition) is 4. The molecule has 4 N–H and O–H groups in total. The van der Waals surface area contributed by atoms with Gasteiger partial charge in [-0.25, -0.2) is 19.2 Å². The molecule has 0 aliphatic rings. The maximum Gasteiger partial charge on any atom is 0.335 e. The fourth-order valence-corrected chi connectivity index (χ4v) is 5.36. The van der Waals surface area contributed by atoms with E-state index in [0.29, 0.717) is 24.0 Å². The van der Waals surface area contributed by atoms with E-state index in [2.05, 4.69) is 0 Å². The highest BCUT2D eigenvalue weighted by Gasteiger charge is 2.36. The zero-order chi connectivity index (χ0) is 30.7. The first-order valence-corrected chi connectivity index (χ1v) is 13.2. The fraction of sp³-hybridized carbons (Fsp3) is 0.176. The minimum absolute atomic E-state index is 0.101. The van der Waals surface area contributed by atoms with Crippen LogP contribution in [0.4, 0.5) is 0 Å². The molecule has 0 heterocycles. The van der Waals surface area contributed by atoms with Gasteiger partial charge in [-0.15, -0.1) is 0 Å². The van der Waals surface area contributed by atoms with Crippen molar-refractivity contribution in [1.29, 1.82) is 0 Å². The first kappa shape index (κ1) is 29.7. The number of carboxylic acids is 4. The molecule has 4 rings (SSSR count). The van der Waals surface area contributed by atoms with E-state index >= 15 is 0 Å². The molecule has 0 fully saturated rings. The molecule has 0 radical (unpaired) electrons. The second-order valence-corrected chi connectivity index (χ2v) is 10.7. The summed E-state index contributed by atoms with van der Waals surface area (Å²) in [4.78, 5) is 46.7. The molecule has 0 unspecified atom stereocenters. The van der Waals surface area contributed by atoms with Gasteiger partial charge in [-0.2, -0.15) is 0 Å². The molecular weight excluding hydrogens is 536 g/mol. The molecule has 0 aliphatic carbocycles. The van der Waals surface area contributed by atoms with Crippen LogP contribution in [-0.4, -0.2) is 44.3 Å². The van der Waals surface area contributed by atoms with Gasteiger partial charge in [0.2, 0.25) is 0 Å². The molecule has 0 bridgehead atoms. The largest absolute Gasteiger partial charge is 0.478 e. The van der Waals surface area contributed by atoms with Crippen LogP contribution in [0.15, 0.2) is 97.1 Å². The van der Waals surface area contributed by atoms with Gasteiger partial charge in [0.1, 0.15) is 0 Å². The summed E-state index contributed by atoms with van der Waals surface area (Å²) in [6, 6.07) is 26.2. The minimum atomic E-state index is -1.08. The second-order valence-electron chi connectivity index (χ2n) is 10.7. The van der Waals surface area contributed by atoms with Crippen molar-refractivity contribution in [3.63, 3.8) is 0 Å². The Balaban J connectivity index is 1.86. The summed E-state index contributed by atoms with van der Waals surface area (Å²) in [6.45, 7) is 3.93. The Morgan fingerprint density at radius 2 is 0.762 bits per heavy atom. The highest BCUT2D eigenvalue weighted by molar-refractivity contribution is 5.89. The van der Waals surface area contributed by atoms with Crippen LogP contribution in [0, 0.1) is 0 Å². The van der Waals surface area contributed by atoms with E-state index in [1.807, 2.05) is 26.0 Å². The Labute approximate surface area is 242 Å². The van der Waals surface area contributed by atoms with E-state index in [0.717, 1.165) is 11.1 Å². The van der Waals surface area contributed by atoms with Crippen molar-refractivity contribution < 1.29 is 39.6 Å². The van der Waals surface area contributed by atoms with Crippen molar-refractivity contribution in [3.8, 4) is 0 Å². The van der Waals surface area contributed by atoms with Gasteiger partial charge in [0.05, 0.1) is 22.3 Å². The van der Waals surface area contributed by atoms with Crippen LogP contribution < -0.4 is 0 Å². The Morgan fingerprint density at radius 1 is 0.452 bits per heavy atom. The van der Waals surface area contributed by atoms with E-state index in [1.165, 1.54) is 36.4 Å². The molecule has 0 amide bonds. The zero-order valence-corrected chi connectivity index (χ0v) is 23.1. The average molecular weight is 567 g/mol. The molecule has 0 atom stereocenters. The second kappa shape index (κ2) is 11.7. The predicted octanol–water partition coefficient (Wildman–Crippen LogP) is 6.57. The van der Waals surface area contributed by atoms with Crippen molar-refractivity contribution in [2.75, 3.05) is 0 Å². The lowest BCUT2D eigenvalue weighted by atomic mass is 9.65. The van der Waals surface area contributed by atoms with Gasteiger partial charge in [0.25, 0.3) is 0 Å². The quantitative estimate of drug-likeness (QED) is 0.159. The summed E-state index contributed by atoms with van der Waals surface area (Å²) in [5.41, 5.74) is 1.88. The van der Waals surface area contributed by atoms with Crippen molar-refractivity contribution in [2.45, 2.75) is 37.5 Å². The summed E-state index contributed by atoms with van der Waals surface area (Å²) in [5, 5.41) is 38.2. The Kier molecular flexibility index (Phi) is 8.29. The van der Waals surface area contributed by atoms with Crippen LogP contribution in [0.1, 0.15) is 90.4 Å². The van der Waals surface area contributed by atoms with Crippen molar-refractivity contribution >= 4 is 23.9 Å².